The van der Waals surface area contributed by atoms with Gasteiger partial charge in [0, 0.05) is 36.9 Å². The van der Waals surface area contributed by atoms with Gasteiger partial charge in [-0.15, -0.1) is 11.3 Å². The molecular weight excluding hydrogens is 769 g/mol. The van der Waals surface area contributed by atoms with Gasteiger partial charge in [0.1, 0.15) is 0 Å². The summed E-state index contributed by atoms with van der Waals surface area (Å²) in [5.74, 6) is 0.702. The molecule has 0 fully saturated rings. The molecule has 11 aromatic rings. The quantitative estimate of drug-likeness (QED) is 0.160. The summed E-state index contributed by atoms with van der Waals surface area (Å²) < 4.78 is 2.65. The average Bonchev–Trinajstić information content (AvgIpc) is 3.88. The zero-order valence-corrected chi connectivity index (χ0v) is 34.6. The van der Waals surface area contributed by atoms with E-state index >= 15 is 0 Å². The Kier molecular flexibility index (Phi) is 8.62. The predicted octanol–water partition coefficient (Wildman–Crippen LogP) is 15.5. The van der Waals surface area contributed by atoms with E-state index in [1.807, 2.05) is 29.5 Å². The van der Waals surface area contributed by atoms with E-state index in [2.05, 4.69) is 212 Å². The summed E-state index contributed by atoms with van der Waals surface area (Å²) in [4.78, 5) is 10.5. The van der Waals surface area contributed by atoms with Gasteiger partial charge in [-0.05, 0) is 79.9 Å². The van der Waals surface area contributed by atoms with Crippen LogP contribution in [0.15, 0.2) is 231 Å². The summed E-state index contributed by atoms with van der Waals surface area (Å²) in [5.41, 5.74) is 16.7. The van der Waals surface area contributed by atoms with Crippen molar-refractivity contribution in [1.29, 1.82) is 0 Å². The average molecular weight is 807 g/mol. The summed E-state index contributed by atoms with van der Waals surface area (Å²) >= 11 is 1.86. The third-order valence-corrected chi connectivity index (χ3v) is 13.8. The van der Waals surface area contributed by atoms with Crippen LogP contribution < -0.4 is 0 Å². The summed E-state index contributed by atoms with van der Waals surface area (Å²) in [6.45, 7) is 0. The van der Waals surface area contributed by atoms with Crippen molar-refractivity contribution >= 4 is 31.5 Å². The lowest BCUT2D eigenvalue weighted by atomic mass is 9.67. The third-order valence-electron chi connectivity index (χ3n) is 12.6. The highest BCUT2D eigenvalue weighted by Gasteiger charge is 2.46. The maximum Gasteiger partial charge on any atom is 0.160 e. The second-order valence-electron chi connectivity index (χ2n) is 16.1. The van der Waals surface area contributed by atoms with Gasteiger partial charge in [0.2, 0.25) is 0 Å². The van der Waals surface area contributed by atoms with Crippen LogP contribution in [-0.4, -0.2) is 9.97 Å². The molecule has 0 radical (unpaired) electrons. The molecule has 0 bridgehead atoms. The van der Waals surface area contributed by atoms with Crippen molar-refractivity contribution < 1.29 is 0 Å². The highest BCUT2D eigenvalue weighted by molar-refractivity contribution is 7.25. The fourth-order valence-corrected chi connectivity index (χ4v) is 10.8. The molecule has 1 aliphatic rings. The van der Waals surface area contributed by atoms with Crippen LogP contribution in [0.25, 0.3) is 87.5 Å². The number of benzene rings is 9. The van der Waals surface area contributed by atoms with Crippen molar-refractivity contribution in [3.05, 3.63) is 253 Å². The second kappa shape index (κ2) is 14.8. The molecule has 0 spiro atoms. The molecule has 12 rings (SSSR count). The zero-order valence-electron chi connectivity index (χ0n) is 33.7. The minimum Gasteiger partial charge on any atom is -0.228 e. The van der Waals surface area contributed by atoms with Gasteiger partial charge < -0.3 is 0 Å². The molecule has 2 aromatic heterocycles. The first kappa shape index (κ1) is 36.2. The van der Waals surface area contributed by atoms with Crippen molar-refractivity contribution in [3.8, 4) is 67.3 Å². The van der Waals surface area contributed by atoms with Gasteiger partial charge >= 0.3 is 0 Å². The minimum atomic E-state index is -0.497. The van der Waals surface area contributed by atoms with E-state index < -0.39 is 5.41 Å². The van der Waals surface area contributed by atoms with Gasteiger partial charge in [0.25, 0.3) is 0 Å². The molecule has 0 amide bonds. The Morgan fingerprint density at radius 3 is 1.50 bits per heavy atom. The number of hydrogen-bond donors (Lipinski definition) is 0. The van der Waals surface area contributed by atoms with Gasteiger partial charge in [-0.2, -0.15) is 0 Å². The van der Waals surface area contributed by atoms with Gasteiger partial charge in [0.05, 0.1) is 16.8 Å². The molecular formula is C59H38N2S. The maximum atomic E-state index is 5.28. The lowest BCUT2D eigenvalue weighted by Gasteiger charge is -2.34. The number of nitrogens with zero attached hydrogens (tertiary/aromatic N) is 2. The van der Waals surface area contributed by atoms with Crippen LogP contribution in [-0.2, 0) is 5.41 Å². The first-order valence-electron chi connectivity index (χ1n) is 21.1. The molecule has 0 unspecified atom stereocenters. The normalized spacial score (nSPS) is 12.6. The van der Waals surface area contributed by atoms with E-state index in [0.29, 0.717) is 5.82 Å². The smallest absolute Gasteiger partial charge is 0.160 e. The highest BCUT2D eigenvalue weighted by atomic mass is 32.1. The Morgan fingerprint density at radius 1 is 0.306 bits per heavy atom. The molecule has 0 atom stereocenters. The Labute approximate surface area is 365 Å². The van der Waals surface area contributed by atoms with E-state index in [0.717, 1.165) is 33.6 Å². The lowest BCUT2D eigenvalue weighted by Crippen LogP contribution is -2.28. The molecule has 1 aliphatic carbocycles. The molecule has 9 aromatic carbocycles. The van der Waals surface area contributed by atoms with E-state index in [1.165, 1.54) is 70.2 Å². The van der Waals surface area contributed by atoms with Crippen molar-refractivity contribution in [2.24, 2.45) is 0 Å². The van der Waals surface area contributed by atoms with Gasteiger partial charge in [-0.1, -0.05) is 206 Å². The van der Waals surface area contributed by atoms with Crippen molar-refractivity contribution in [2.45, 2.75) is 5.41 Å². The first-order chi connectivity index (χ1) is 30.7. The lowest BCUT2D eigenvalue weighted by molar-refractivity contribution is 0.768. The molecule has 2 heterocycles. The summed E-state index contributed by atoms with van der Waals surface area (Å²) in [5, 5.41) is 2.65. The van der Waals surface area contributed by atoms with E-state index in [4.69, 9.17) is 9.97 Å². The molecule has 290 valence electrons. The number of fused-ring (bicyclic) bond motifs is 6. The summed E-state index contributed by atoms with van der Waals surface area (Å²) in [7, 11) is 0. The number of hydrogen-bond acceptors (Lipinski definition) is 3. The summed E-state index contributed by atoms with van der Waals surface area (Å²) in [6.07, 6.45) is 0. The van der Waals surface area contributed by atoms with Crippen LogP contribution in [0.2, 0.25) is 0 Å². The Bertz CT molecular complexity index is 3390. The van der Waals surface area contributed by atoms with Gasteiger partial charge in [-0.25, -0.2) is 9.97 Å². The van der Waals surface area contributed by atoms with Crippen molar-refractivity contribution in [1.82, 2.24) is 9.97 Å². The number of rotatable bonds is 7. The predicted molar refractivity (Wildman–Crippen MR) is 259 cm³/mol. The van der Waals surface area contributed by atoms with Crippen LogP contribution in [0.4, 0.5) is 0 Å². The standard InChI is InChI=1S/C59H38N2S/c1-4-14-43(15-5-1)58-60-54(42-30-28-40(29-31-42)39-24-26-41(27-25-39)44-32-35-51-50-21-11-13-23-56(50)62-57(51)37-44)38-55(61-58)45-33-34-49-48-20-10-12-22-52(48)59(53(49)36-45,46-16-6-2-7-17-46)47-18-8-3-9-19-47/h1-38H. The topological polar surface area (TPSA) is 25.8 Å². The Hall–Kier alpha value is -7.72. The highest BCUT2D eigenvalue weighted by Crippen LogP contribution is 2.56. The van der Waals surface area contributed by atoms with Gasteiger partial charge in [0.15, 0.2) is 5.82 Å². The van der Waals surface area contributed by atoms with Crippen molar-refractivity contribution in [2.75, 3.05) is 0 Å². The fourth-order valence-electron chi connectivity index (χ4n) is 9.66. The molecule has 3 heteroatoms. The zero-order chi connectivity index (χ0) is 41.0. The largest absolute Gasteiger partial charge is 0.228 e. The van der Waals surface area contributed by atoms with Crippen molar-refractivity contribution in [3.63, 3.8) is 0 Å². The molecule has 62 heavy (non-hydrogen) atoms. The fraction of sp³-hybridized carbons (Fsp3) is 0.0169. The van der Waals surface area contributed by atoms with E-state index in [9.17, 15) is 0 Å². The van der Waals surface area contributed by atoms with Crippen LogP contribution in [0, 0.1) is 0 Å². The third kappa shape index (κ3) is 5.93. The SMILES string of the molecule is c1ccc(-c2nc(-c3ccc(-c4ccc(-c5ccc6c(c5)sc5ccccc56)cc4)cc3)cc(-c3ccc4c(c3)C(c3ccccc3)(c3ccccc3)c3ccccc3-4)n2)cc1. The number of aromatic nitrogens is 2. The molecule has 0 saturated heterocycles. The Morgan fingerprint density at radius 2 is 0.806 bits per heavy atom. The van der Waals surface area contributed by atoms with Gasteiger partial charge in [-0.3, -0.25) is 0 Å². The monoisotopic (exact) mass is 806 g/mol. The van der Waals surface area contributed by atoms with Crippen LogP contribution >= 0.6 is 11.3 Å². The Balaban J connectivity index is 0.930. The maximum absolute atomic E-state index is 5.28. The van der Waals surface area contributed by atoms with E-state index in [1.54, 1.807) is 0 Å². The van der Waals surface area contributed by atoms with Crippen LogP contribution in [0.5, 0.6) is 0 Å². The summed E-state index contributed by atoms with van der Waals surface area (Å²) in [6, 6.07) is 83.4. The van der Waals surface area contributed by atoms with E-state index in [-0.39, 0.29) is 0 Å². The molecule has 0 aliphatic heterocycles. The van der Waals surface area contributed by atoms with Crippen LogP contribution in [0.3, 0.4) is 0 Å². The molecule has 0 N–H and O–H groups in total. The first-order valence-corrected chi connectivity index (χ1v) is 22.0. The molecule has 0 saturated carbocycles. The molecule has 2 nitrogen and oxygen atoms in total. The second-order valence-corrected chi connectivity index (χ2v) is 17.2. The van der Waals surface area contributed by atoms with Crippen LogP contribution in [0.1, 0.15) is 22.3 Å². The number of thiophene rings is 1. The minimum absolute atomic E-state index is 0.497.